The van der Waals surface area contributed by atoms with E-state index in [4.69, 9.17) is 0 Å². The van der Waals surface area contributed by atoms with E-state index in [0.717, 1.165) is 12.3 Å². The van der Waals surface area contributed by atoms with Crippen LogP contribution in [0.25, 0.3) is 0 Å². The van der Waals surface area contributed by atoms with Crippen LogP contribution in [0.1, 0.15) is 59.3 Å². The first-order valence-electron chi connectivity index (χ1n) is 7.11. The Bertz CT molecular complexity index is 184. The maximum Gasteiger partial charge on any atom is 0.0690 e. The fourth-order valence-electron chi connectivity index (χ4n) is 2.88. The maximum absolute atomic E-state index is 9.90. The summed E-state index contributed by atoms with van der Waals surface area (Å²) in [4.78, 5) is 2.49. The molecule has 0 amide bonds. The number of aliphatic hydroxyl groups excluding tert-OH is 1. The van der Waals surface area contributed by atoms with Crippen LogP contribution in [0.4, 0.5) is 0 Å². The molecular weight excluding hydrogens is 198 g/mol. The van der Waals surface area contributed by atoms with E-state index in [-0.39, 0.29) is 6.10 Å². The molecular formula is C14H29NO. The summed E-state index contributed by atoms with van der Waals surface area (Å²) in [5.41, 5.74) is 0. The lowest BCUT2D eigenvalue weighted by Gasteiger charge is -2.30. The molecule has 3 unspecified atom stereocenters. The lowest BCUT2D eigenvalue weighted by atomic mass is 9.96. The van der Waals surface area contributed by atoms with Crippen LogP contribution in [0.3, 0.4) is 0 Å². The molecule has 0 bridgehead atoms. The second-order valence-corrected chi connectivity index (χ2v) is 5.34. The first kappa shape index (κ1) is 14.0. The molecule has 1 N–H and O–H groups in total. The SMILES string of the molecule is CCCC1CCCN(C(C)C(O)CC)CC1. The van der Waals surface area contributed by atoms with Gasteiger partial charge in [0.2, 0.25) is 0 Å². The van der Waals surface area contributed by atoms with Crippen LogP contribution < -0.4 is 0 Å². The molecule has 16 heavy (non-hydrogen) atoms. The third kappa shape index (κ3) is 4.06. The predicted octanol–water partition coefficient (Wildman–Crippen LogP) is 3.05. The van der Waals surface area contributed by atoms with Gasteiger partial charge in [-0.15, -0.1) is 0 Å². The van der Waals surface area contributed by atoms with Crippen LogP contribution in [-0.4, -0.2) is 35.2 Å². The van der Waals surface area contributed by atoms with Crippen molar-refractivity contribution in [3.05, 3.63) is 0 Å². The minimum atomic E-state index is -0.150. The normalized spacial score (nSPS) is 27.4. The Labute approximate surface area is 101 Å². The highest BCUT2D eigenvalue weighted by molar-refractivity contribution is 4.78. The highest BCUT2D eigenvalue weighted by atomic mass is 16.3. The Hall–Kier alpha value is -0.0800. The molecule has 96 valence electrons. The number of likely N-dealkylation sites (tertiary alicyclic amines) is 1. The summed E-state index contributed by atoms with van der Waals surface area (Å²) in [6.07, 6.45) is 7.45. The summed E-state index contributed by atoms with van der Waals surface area (Å²) < 4.78 is 0. The summed E-state index contributed by atoms with van der Waals surface area (Å²) in [6.45, 7) is 8.89. The molecule has 2 heteroatoms. The Morgan fingerprint density at radius 1 is 1.25 bits per heavy atom. The van der Waals surface area contributed by atoms with Gasteiger partial charge in [0.25, 0.3) is 0 Å². The van der Waals surface area contributed by atoms with Gasteiger partial charge >= 0.3 is 0 Å². The summed E-state index contributed by atoms with van der Waals surface area (Å²) in [5.74, 6) is 0.931. The van der Waals surface area contributed by atoms with E-state index in [1.54, 1.807) is 0 Å². The van der Waals surface area contributed by atoms with Gasteiger partial charge in [-0.05, 0) is 51.6 Å². The summed E-state index contributed by atoms with van der Waals surface area (Å²) in [7, 11) is 0. The van der Waals surface area contributed by atoms with Crippen molar-refractivity contribution in [1.29, 1.82) is 0 Å². The van der Waals surface area contributed by atoms with Crippen molar-refractivity contribution in [2.45, 2.75) is 71.4 Å². The fraction of sp³-hybridized carbons (Fsp3) is 1.00. The quantitative estimate of drug-likeness (QED) is 0.780. The van der Waals surface area contributed by atoms with Crippen molar-refractivity contribution in [3.63, 3.8) is 0 Å². The molecule has 1 heterocycles. The number of nitrogens with zero attached hydrogens (tertiary/aromatic N) is 1. The molecule has 1 fully saturated rings. The molecule has 0 saturated carbocycles. The summed E-state index contributed by atoms with van der Waals surface area (Å²) in [5, 5.41) is 9.90. The fourth-order valence-corrected chi connectivity index (χ4v) is 2.88. The molecule has 0 spiro atoms. The van der Waals surface area contributed by atoms with Crippen LogP contribution >= 0.6 is 0 Å². The minimum Gasteiger partial charge on any atom is -0.392 e. The second-order valence-electron chi connectivity index (χ2n) is 5.34. The van der Waals surface area contributed by atoms with Gasteiger partial charge in [0.15, 0.2) is 0 Å². The monoisotopic (exact) mass is 227 g/mol. The Morgan fingerprint density at radius 3 is 2.62 bits per heavy atom. The van der Waals surface area contributed by atoms with Crippen LogP contribution in [0.2, 0.25) is 0 Å². The molecule has 0 aromatic heterocycles. The smallest absolute Gasteiger partial charge is 0.0690 e. The molecule has 1 rings (SSSR count). The molecule has 0 aliphatic carbocycles. The van der Waals surface area contributed by atoms with Crippen molar-refractivity contribution >= 4 is 0 Å². The van der Waals surface area contributed by atoms with Gasteiger partial charge in [-0.25, -0.2) is 0 Å². The van der Waals surface area contributed by atoms with Gasteiger partial charge in [0.1, 0.15) is 0 Å². The van der Waals surface area contributed by atoms with Crippen molar-refractivity contribution in [2.75, 3.05) is 13.1 Å². The first-order chi connectivity index (χ1) is 7.69. The second kappa shape index (κ2) is 7.29. The van der Waals surface area contributed by atoms with Crippen LogP contribution in [-0.2, 0) is 0 Å². The standard InChI is InChI=1S/C14H29NO/c1-4-7-13-8-6-10-15(11-9-13)12(3)14(16)5-2/h12-14,16H,4-11H2,1-3H3. The largest absolute Gasteiger partial charge is 0.392 e. The van der Waals surface area contributed by atoms with Gasteiger partial charge in [-0.3, -0.25) is 4.90 Å². The number of aliphatic hydroxyl groups is 1. The van der Waals surface area contributed by atoms with E-state index in [2.05, 4.69) is 25.7 Å². The average Bonchev–Trinajstić information content (AvgIpc) is 2.53. The van der Waals surface area contributed by atoms with Crippen molar-refractivity contribution < 1.29 is 5.11 Å². The van der Waals surface area contributed by atoms with Crippen molar-refractivity contribution in [2.24, 2.45) is 5.92 Å². The first-order valence-corrected chi connectivity index (χ1v) is 7.11. The van der Waals surface area contributed by atoms with Crippen molar-refractivity contribution in [3.8, 4) is 0 Å². The van der Waals surface area contributed by atoms with Crippen LogP contribution in [0, 0.1) is 5.92 Å². The topological polar surface area (TPSA) is 23.5 Å². The van der Waals surface area contributed by atoms with Gasteiger partial charge in [0, 0.05) is 6.04 Å². The Morgan fingerprint density at radius 2 is 2.00 bits per heavy atom. The van der Waals surface area contributed by atoms with Gasteiger partial charge in [-0.2, -0.15) is 0 Å². The average molecular weight is 227 g/mol. The third-order valence-corrected chi connectivity index (χ3v) is 4.13. The molecule has 0 aromatic rings. The highest BCUT2D eigenvalue weighted by Gasteiger charge is 2.23. The van der Waals surface area contributed by atoms with Gasteiger partial charge in [0.05, 0.1) is 6.10 Å². The van der Waals surface area contributed by atoms with E-state index in [1.165, 1.54) is 45.2 Å². The van der Waals surface area contributed by atoms with Crippen LogP contribution in [0.15, 0.2) is 0 Å². The summed E-state index contributed by atoms with van der Waals surface area (Å²) in [6, 6.07) is 0.338. The zero-order valence-electron chi connectivity index (χ0n) is 11.3. The lowest BCUT2D eigenvalue weighted by Crippen LogP contribution is -2.41. The molecule has 3 atom stereocenters. The molecule has 0 radical (unpaired) electrons. The molecule has 1 aliphatic rings. The Balaban J connectivity index is 2.40. The van der Waals surface area contributed by atoms with Crippen LogP contribution in [0.5, 0.6) is 0 Å². The lowest BCUT2D eigenvalue weighted by molar-refractivity contribution is 0.0572. The van der Waals surface area contributed by atoms with E-state index < -0.39 is 0 Å². The zero-order chi connectivity index (χ0) is 12.0. The number of rotatable bonds is 5. The zero-order valence-corrected chi connectivity index (χ0v) is 11.3. The molecule has 1 aliphatic heterocycles. The summed E-state index contributed by atoms with van der Waals surface area (Å²) >= 11 is 0. The number of hydrogen-bond donors (Lipinski definition) is 1. The molecule has 0 aromatic carbocycles. The van der Waals surface area contributed by atoms with Gasteiger partial charge < -0.3 is 5.11 Å². The van der Waals surface area contributed by atoms with Crippen molar-refractivity contribution in [1.82, 2.24) is 4.90 Å². The van der Waals surface area contributed by atoms with E-state index in [9.17, 15) is 5.11 Å². The third-order valence-electron chi connectivity index (χ3n) is 4.13. The number of hydrogen-bond acceptors (Lipinski definition) is 2. The van der Waals surface area contributed by atoms with E-state index in [0.29, 0.717) is 6.04 Å². The molecule has 2 nitrogen and oxygen atoms in total. The van der Waals surface area contributed by atoms with Gasteiger partial charge in [-0.1, -0.05) is 26.7 Å². The predicted molar refractivity (Wildman–Crippen MR) is 69.6 cm³/mol. The minimum absolute atomic E-state index is 0.150. The Kier molecular flexibility index (Phi) is 6.37. The highest BCUT2D eigenvalue weighted by Crippen LogP contribution is 2.23. The maximum atomic E-state index is 9.90. The molecule has 1 saturated heterocycles. The van der Waals surface area contributed by atoms with E-state index >= 15 is 0 Å². The van der Waals surface area contributed by atoms with E-state index in [1.807, 2.05) is 0 Å².